The maximum Gasteiger partial charge on any atom is -0.00258 e. The summed E-state index contributed by atoms with van der Waals surface area (Å²) < 4.78 is 0. The maximum absolute atomic E-state index is 4.19. The number of hydrogen-bond donors (Lipinski definition) is 1. The highest BCUT2D eigenvalue weighted by Gasteiger charge is 2.28. The second-order valence-corrected chi connectivity index (χ2v) is 6.52. The molecule has 0 spiro atoms. The molecule has 1 N–H and O–H groups in total. The van der Waals surface area contributed by atoms with Gasteiger partial charge in [-0.2, -0.15) is 0 Å². The third-order valence-corrected chi connectivity index (χ3v) is 3.59. The van der Waals surface area contributed by atoms with Gasteiger partial charge in [-0.1, -0.05) is 53.2 Å². The minimum atomic E-state index is 0.389. The highest BCUT2D eigenvalue weighted by Crippen LogP contribution is 2.38. The molecular formula is C16H33N. The van der Waals surface area contributed by atoms with E-state index in [1.165, 1.54) is 24.8 Å². The van der Waals surface area contributed by atoms with Crippen molar-refractivity contribution in [3.63, 3.8) is 0 Å². The lowest BCUT2D eigenvalue weighted by Gasteiger charge is -2.35. The van der Waals surface area contributed by atoms with Crippen LogP contribution in [0.2, 0.25) is 0 Å². The van der Waals surface area contributed by atoms with Crippen molar-refractivity contribution >= 4 is 0 Å². The Hall–Kier alpha value is -0.300. The van der Waals surface area contributed by atoms with Gasteiger partial charge in [0.05, 0.1) is 0 Å². The smallest absolute Gasteiger partial charge is 0.00258 e. The Morgan fingerprint density at radius 1 is 1.29 bits per heavy atom. The molecule has 0 radical (unpaired) electrons. The molecule has 0 bridgehead atoms. The molecular weight excluding hydrogens is 206 g/mol. The second-order valence-electron chi connectivity index (χ2n) is 6.52. The summed E-state index contributed by atoms with van der Waals surface area (Å²) in [6.07, 6.45) is 3.76. The molecule has 0 aliphatic rings. The Balaban J connectivity index is 4.20. The molecule has 1 nitrogen and oxygen atoms in total. The molecule has 1 atom stereocenters. The molecule has 1 unspecified atom stereocenters. The quantitative estimate of drug-likeness (QED) is 0.456. The fourth-order valence-corrected chi connectivity index (χ4v) is 2.76. The molecule has 0 aliphatic heterocycles. The van der Waals surface area contributed by atoms with Crippen molar-refractivity contribution in [3.05, 3.63) is 12.2 Å². The van der Waals surface area contributed by atoms with Crippen molar-refractivity contribution in [2.24, 2.45) is 17.3 Å². The first kappa shape index (κ1) is 16.7. The van der Waals surface area contributed by atoms with Crippen LogP contribution in [0.4, 0.5) is 0 Å². The van der Waals surface area contributed by atoms with Crippen LogP contribution in [0.1, 0.15) is 60.8 Å². The van der Waals surface area contributed by atoms with Crippen LogP contribution >= 0.6 is 0 Å². The van der Waals surface area contributed by atoms with Crippen LogP contribution < -0.4 is 5.32 Å². The standard InChI is InChI=1S/C16H33N/c1-8-10-16(6,7)15(14(4)5)9-11-17-12-13(2)3/h13,15,17H,4,8-12H2,1-3,5-7H3. The summed E-state index contributed by atoms with van der Waals surface area (Å²) in [4.78, 5) is 0. The van der Waals surface area contributed by atoms with Gasteiger partial charge in [0.1, 0.15) is 0 Å². The van der Waals surface area contributed by atoms with E-state index in [1.807, 2.05) is 0 Å². The van der Waals surface area contributed by atoms with Crippen molar-refractivity contribution in [1.29, 1.82) is 0 Å². The number of rotatable bonds is 9. The van der Waals surface area contributed by atoms with Gasteiger partial charge in [-0.15, -0.1) is 0 Å². The van der Waals surface area contributed by atoms with Crippen LogP contribution in [0.5, 0.6) is 0 Å². The zero-order valence-electron chi connectivity index (χ0n) is 12.9. The average molecular weight is 239 g/mol. The maximum atomic E-state index is 4.19. The average Bonchev–Trinajstić information content (AvgIpc) is 2.15. The minimum absolute atomic E-state index is 0.389. The molecule has 0 aromatic heterocycles. The molecule has 0 saturated heterocycles. The van der Waals surface area contributed by atoms with Crippen LogP contribution in [-0.4, -0.2) is 13.1 Å². The fraction of sp³-hybridized carbons (Fsp3) is 0.875. The van der Waals surface area contributed by atoms with Gasteiger partial charge in [0.2, 0.25) is 0 Å². The normalized spacial score (nSPS) is 14.1. The molecule has 1 heteroatoms. The minimum Gasteiger partial charge on any atom is -0.316 e. The first-order valence-corrected chi connectivity index (χ1v) is 7.17. The summed E-state index contributed by atoms with van der Waals surface area (Å²) in [5.74, 6) is 1.38. The summed E-state index contributed by atoms with van der Waals surface area (Å²) in [5, 5.41) is 3.54. The molecule has 0 aromatic rings. The summed E-state index contributed by atoms with van der Waals surface area (Å²) in [5.41, 5.74) is 1.73. The summed E-state index contributed by atoms with van der Waals surface area (Å²) >= 11 is 0. The highest BCUT2D eigenvalue weighted by molar-refractivity contribution is 5.02. The SMILES string of the molecule is C=C(C)C(CCNCC(C)C)C(C)(C)CCC. The predicted octanol–water partition coefficient (Wildman–Crippen LogP) is 4.64. The Labute approximate surface area is 109 Å². The molecule has 102 valence electrons. The van der Waals surface area contributed by atoms with Gasteiger partial charge in [0.15, 0.2) is 0 Å². The van der Waals surface area contributed by atoms with Gasteiger partial charge in [-0.05, 0) is 50.1 Å². The fourth-order valence-electron chi connectivity index (χ4n) is 2.76. The van der Waals surface area contributed by atoms with E-state index < -0.39 is 0 Å². The van der Waals surface area contributed by atoms with E-state index in [-0.39, 0.29) is 0 Å². The van der Waals surface area contributed by atoms with Crippen molar-refractivity contribution in [2.45, 2.75) is 60.8 Å². The van der Waals surface area contributed by atoms with E-state index >= 15 is 0 Å². The molecule has 0 aliphatic carbocycles. The highest BCUT2D eigenvalue weighted by atomic mass is 14.8. The molecule has 0 aromatic carbocycles. The van der Waals surface area contributed by atoms with E-state index in [9.17, 15) is 0 Å². The van der Waals surface area contributed by atoms with Gasteiger partial charge in [-0.25, -0.2) is 0 Å². The zero-order valence-corrected chi connectivity index (χ0v) is 12.9. The molecule has 0 rings (SSSR count). The van der Waals surface area contributed by atoms with E-state index in [0.29, 0.717) is 11.3 Å². The van der Waals surface area contributed by atoms with Crippen molar-refractivity contribution in [1.82, 2.24) is 5.32 Å². The molecule has 0 heterocycles. The van der Waals surface area contributed by atoms with E-state index in [1.54, 1.807) is 0 Å². The van der Waals surface area contributed by atoms with Crippen molar-refractivity contribution in [2.75, 3.05) is 13.1 Å². The van der Waals surface area contributed by atoms with Gasteiger partial charge >= 0.3 is 0 Å². The lowest BCUT2D eigenvalue weighted by Crippen LogP contribution is -2.30. The Bertz CT molecular complexity index is 216. The third-order valence-electron chi connectivity index (χ3n) is 3.59. The summed E-state index contributed by atoms with van der Waals surface area (Å²) in [6.45, 7) is 20.2. The van der Waals surface area contributed by atoms with Crippen molar-refractivity contribution < 1.29 is 0 Å². The number of hydrogen-bond acceptors (Lipinski definition) is 1. The lowest BCUT2D eigenvalue weighted by molar-refractivity contribution is 0.212. The van der Waals surface area contributed by atoms with Crippen LogP contribution in [0.15, 0.2) is 12.2 Å². The molecule has 0 fully saturated rings. The Kier molecular flexibility index (Phi) is 7.78. The topological polar surface area (TPSA) is 12.0 Å². The van der Waals surface area contributed by atoms with Gasteiger partial charge in [0, 0.05) is 0 Å². The summed E-state index contributed by atoms with van der Waals surface area (Å²) in [7, 11) is 0. The number of allylic oxidation sites excluding steroid dienone is 1. The first-order valence-electron chi connectivity index (χ1n) is 7.17. The molecule has 17 heavy (non-hydrogen) atoms. The zero-order chi connectivity index (χ0) is 13.5. The van der Waals surface area contributed by atoms with Crippen LogP contribution in [0, 0.1) is 17.3 Å². The lowest BCUT2D eigenvalue weighted by atomic mass is 9.71. The van der Waals surface area contributed by atoms with E-state index in [4.69, 9.17) is 0 Å². The Morgan fingerprint density at radius 3 is 2.29 bits per heavy atom. The largest absolute Gasteiger partial charge is 0.316 e. The summed E-state index contributed by atoms with van der Waals surface area (Å²) in [6, 6.07) is 0. The van der Waals surface area contributed by atoms with Gasteiger partial charge < -0.3 is 5.32 Å². The van der Waals surface area contributed by atoms with Crippen LogP contribution in [-0.2, 0) is 0 Å². The van der Waals surface area contributed by atoms with Crippen molar-refractivity contribution in [3.8, 4) is 0 Å². The first-order chi connectivity index (χ1) is 7.81. The van der Waals surface area contributed by atoms with Crippen LogP contribution in [0.3, 0.4) is 0 Å². The Morgan fingerprint density at radius 2 is 1.88 bits per heavy atom. The third kappa shape index (κ3) is 6.88. The van der Waals surface area contributed by atoms with E-state index in [2.05, 4.69) is 53.4 Å². The van der Waals surface area contributed by atoms with Crippen LogP contribution in [0.25, 0.3) is 0 Å². The van der Waals surface area contributed by atoms with Gasteiger partial charge in [-0.3, -0.25) is 0 Å². The van der Waals surface area contributed by atoms with Gasteiger partial charge in [0.25, 0.3) is 0 Å². The monoisotopic (exact) mass is 239 g/mol. The van der Waals surface area contributed by atoms with E-state index in [0.717, 1.165) is 19.0 Å². The molecule has 0 amide bonds. The molecule has 0 saturated carbocycles. The second kappa shape index (κ2) is 7.92. The predicted molar refractivity (Wildman–Crippen MR) is 79.3 cm³/mol. The number of nitrogens with one attached hydrogen (secondary N) is 1.